The lowest BCUT2D eigenvalue weighted by molar-refractivity contribution is 0.0537. The Hall–Kier alpha value is -3.63. The summed E-state index contributed by atoms with van der Waals surface area (Å²) in [6.45, 7) is 7.46. The average Bonchev–Trinajstić information content (AvgIpc) is 2.92. The monoisotopic (exact) mass is 510 g/mol. The molecule has 3 N–H and O–H groups in total. The van der Waals surface area contributed by atoms with Gasteiger partial charge in [-0.25, -0.2) is 14.9 Å². The van der Waals surface area contributed by atoms with Crippen molar-refractivity contribution in [1.82, 2.24) is 15.7 Å². The quantitative estimate of drug-likeness (QED) is 0.447. The van der Waals surface area contributed by atoms with Gasteiger partial charge in [0.05, 0.1) is 20.8 Å². The van der Waals surface area contributed by atoms with E-state index in [1.807, 2.05) is 24.4 Å². The standard InChI is InChI=1S/C27H35FN6O3/c1-4-33-7-9-34(10-8-33)24-15-22(28)14-23(16-24)31-27-29-17-20(18-30-27)6-5-19-11-21(26(35)32-37-3)13-25(12-19)36-2/h11-17H,4-10,18H2,1-3H3,(H,32,35)(H2,29,30,31). The number of likely N-dealkylation sites (N-methyl/N-ethyl adjacent to an activating group) is 1. The molecule has 10 heteroatoms. The van der Waals surface area contributed by atoms with E-state index in [9.17, 15) is 9.18 Å². The molecule has 0 bridgehead atoms. The zero-order valence-corrected chi connectivity index (χ0v) is 21.6. The molecule has 0 unspecified atom stereocenters. The number of amides is 1. The number of carbonyl (C=O) groups is 1. The van der Waals surface area contributed by atoms with Crippen molar-refractivity contribution >= 4 is 23.2 Å². The maximum absolute atomic E-state index is 14.4. The number of methoxy groups -OCH3 is 1. The van der Waals surface area contributed by atoms with Crippen LogP contribution in [-0.2, 0) is 11.3 Å². The number of hydroxylamine groups is 1. The Kier molecular flexibility index (Phi) is 8.97. The van der Waals surface area contributed by atoms with Crippen LogP contribution in [0.2, 0.25) is 0 Å². The van der Waals surface area contributed by atoms with Crippen molar-refractivity contribution in [3.05, 3.63) is 65.1 Å². The Labute approximate surface area is 217 Å². The molecule has 2 aliphatic rings. The number of nitrogens with one attached hydrogen (secondary N) is 3. The number of ether oxygens (including phenoxy) is 1. The minimum absolute atomic E-state index is 0.276. The Morgan fingerprint density at radius 1 is 1.08 bits per heavy atom. The molecular formula is C27H35FN6O3. The molecule has 0 spiro atoms. The molecule has 2 aromatic carbocycles. The fraction of sp³-hybridized carbons (Fsp3) is 0.407. The van der Waals surface area contributed by atoms with Crippen LogP contribution in [0.15, 0.2) is 53.2 Å². The fourth-order valence-corrected chi connectivity index (χ4v) is 4.47. The van der Waals surface area contributed by atoms with Crippen molar-refractivity contribution in [2.24, 2.45) is 4.99 Å². The summed E-state index contributed by atoms with van der Waals surface area (Å²) in [4.78, 5) is 26.1. The SMILES string of the molecule is CCN1CCN(c2cc(F)cc(NC3=NCC(CCc4cc(OC)cc(C(=O)NOC)c4)=CN3)c2)CC1. The van der Waals surface area contributed by atoms with Gasteiger partial charge in [-0.2, -0.15) is 0 Å². The van der Waals surface area contributed by atoms with E-state index in [0.29, 0.717) is 29.5 Å². The number of aryl methyl sites for hydroxylation is 1. The van der Waals surface area contributed by atoms with E-state index >= 15 is 0 Å². The Balaban J connectivity index is 1.33. The summed E-state index contributed by atoms with van der Waals surface area (Å²) >= 11 is 0. The second-order valence-corrected chi connectivity index (χ2v) is 9.06. The van der Waals surface area contributed by atoms with Crippen LogP contribution >= 0.6 is 0 Å². The van der Waals surface area contributed by atoms with Gasteiger partial charge < -0.3 is 25.2 Å². The number of carbonyl (C=O) groups excluding carboxylic acids is 1. The number of benzene rings is 2. The van der Waals surface area contributed by atoms with Gasteiger partial charge in [0.15, 0.2) is 5.96 Å². The predicted octanol–water partition coefficient (Wildman–Crippen LogP) is 3.16. The van der Waals surface area contributed by atoms with Crippen LogP contribution in [0.1, 0.15) is 29.3 Å². The largest absolute Gasteiger partial charge is 0.497 e. The van der Waals surface area contributed by atoms with Crippen LogP contribution in [0.4, 0.5) is 15.8 Å². The minimum atomic E-state index is -0.328. The summed E-state index contributed by atoms with van der Waals surface area (Å²) < 4.78 is 19.7. The second-order valence-electron chi connectivity index (χ2n) is 9.06. The number of piperazine rings is 1. The van der Waals surface area contributed by atoms with Gasteiger partial charge in [0.25, 0.3) is 5.91 Å². The molecule has 0 radical (unpaired) electrons. The lowest BCUT2D eigenvalue weighted by Gasteiger charge is -2.35. The third kappa shape index (κ3) is 7.21. The van der Waals surface area contributed by atoms with E-state index in [0.717, 1.165) is 62.4 Å². The predicted molar refractivity (Wildman–Crippen MR) is 144 cm³/mol. The summed E-state index contributed by atoms with van der Waals surface area (Å²) in [7, 11) is 2.97. The Morgan fingerprint density at radius 2 is 1.89 bits per heavy atom. The highest BCUT2D eigenvalue weighted by Gasteiger charge is 2.17. The van der Waals surface area contributed by atoms with E-state index in [1.165, 1.54) is 13.2 Å². The van der Waals surface area contributed by atoms with Crippen LogP contribution in [0.5, 0.6) is 5.75 Å². The molecule has 0 aliphatic carbocycles. The maximum atomic E-state index is 14.4. The number of nitrogens with zero attached hydrogens (tertiary/aromatic N) is 3. The molecule has 1 saturated heterocycles. The molecule has 2 aliphatic heterocycles. The first-order valence-electron chi connectivity index (χ1n) is 12.5. The minimum Gasteiger partial charge on any atom is -0.497 e. The molecule has 0 saturated carbocycles. The number of rotatable bonds is 9. The highest BCUT2D eigenvalue weighted by Crippen LogP contribution is 2.24. The van der Waals surface area contributed by atoms with Crippen LogP contribution in [0.25, 0.3) is 0 Å². The van der Waals surface area contributed by atoms with Crippen molar-refractivity contribution in [3.8, 4) is 5.75 Å². The first-order chi connectivity index (χ1) is 18.0. The zero-order valence-electron chi connectivity index (χ0n) is 21.6. The molecule has 2 aromatic rings. The van der Waals surface area contributed by atoms with E-state index in [1.54, 1.807) is 19.2 Å². The van der Waals surface area contributed by atoms with Gasteiger partial charge >= 0.3 is 0 Å². The highest BCUT2D eigenvalue weighted by molar-refractivity contribution is 5.95. The first kappa shape index (κ1) is 26.4. The van der Waals surface area contributed by atoms with Crippen molar-refractivity contribution in [1.29, 1.82) is 0 Å². The number of halogens is 1. The molecule has 1 fully saturated rings. The summed E-state index contributed by atoms with van der Waals surface area (Å²) in [5.74, 6) is 0.587. The average molecular weight is 511 g/mol. The van der Waals surface area contributed by atoms with E-state index < -0.39 is 0 Å². The van der Waals surface area contributed by atoms with Gasteiger partial charge in [0.1, 0.15) is 11.6 Å². The van der Waals surface area contributed by atoms with Crippen LogP contribution in [0, 0.1) is 5.82 Å². The van der Waals surface area contributed by atoms with Crippen molar-refractivity contribution in [2.75, 3.05) is 63.7 Å². The fourth-order valence-electron chi connectivity index (χ4n) is 4.47. The molecule has 0 aromatic heterocycles. The van der Waals surface area contributed by atoms with Gasteiger partial charge in [-0.05, 0) is 66.9 Å². The summed E-state index contributed by atoms with van der Waals surface area (Å²) in [6.07, 6.45) is 3.41. The highest BCUT2D eigenvalue weighted by atomic mass is 19.1. The smallest absolute Gasteiger partial charge is 0.274 e. The van der Waals surface area contributed by atoms with Gasteiger partial charge in [-0.15, -0.1) is 0 Å². The number of anilines is 2. The van der Waals surface area contributed by atoms with Crippen LogP contribution in [0.3, 0.4) is 0 Å². The van der Waals surface area contributed by atoms with Gasteiger partial charge in [-0.1, -0.05) is 6.92 Å². The van der Waals surface area contributed by atoms with Crippen molar-refractivity contribution in [2.45, 2.75) is 19.8 Å². The van der Waals surface area contributed by atoms with Crippen molar-refractivity contribution < 1.29 is 18.8 Å². The van der Waals surface area contributed by atoms with Crippen LogP contribution in [-0.4, -0.2) is 70.3 Å². The number of aliphatic imine (C=N–C) groups is 1. The number of guanidine groups is 1. The van der Waals surface area contributed by atoms with Gasteiger partial charge in [-0.3, -0.25) is 9.63 Å². The number of hydrogen-bond acceptors (Lipinski definition) is 8. The normalized spacial score (nSPS) is 15.9. The van der Waals surface area contributed by atoms with E-state index in [2.05, 4.69) is 37.8 Å². The first-order valence-corrected chi connectivity index (χ1v) is 12.5. The molecule has 198 valence electrons. The van der Waals surface area contributed by atoms with Gasteiger partial charge in [0.2, 0.25) is 0 Å². The summed E-state index contributed by atoms with van der Waals surface area (Å²) in [6, 6.07) is 10.5. The third-order valence-electron chi connectivity index (χ3n) is 6.58. The molecule has 9 nitrogen and oxygen atoms in total. The molecule has 37 heavy (non-hydrogen) atoms. The maximum Gasteiger partial charge on any atom is 0.274 e. The lowest BCUT2D eigenvalue weighted by Crippen LogP contribution is -2.46. The van der Waals surface area contributed by atoms with E-state index in [4.69, 9.17) is 9.57 Å². The number of hydrogen-bond donors (Lipinski definition) is 3. The zero-order chi connectivity index (χ0) is 26.2. The molecular weight excluding hydrogens is 475 g/mol. The van der Waals surface area contributed by atoms with E-state index in [-0.39, 0.29) is 11.7 Å². The topological polar surface area (TPSA) is 90.5 Å². The van der Waals surface area contributed by atoms with Crippen LogP contribution < -0.4 is 25.8 Å². The Morgan fingerprint density at radius 3 is 2.57 bits per heavy atom. The molecule has 0 atom stereocenters. The second kappa shape index (κ2) is 12.6. The summed E-state index contributed by atoms with van der Waals surface area (Å²) in [5, 5.41) is 6.39. The molecule has 2 heterocycles. The van der Waals surface area contributed by atoms with Gasteiger partial charge in [0, 0.05) is 49.3 Å². The summed E-state index contributed by atoms with van der Waals surface area (Å²) in [5.41, 5.74) is 6.43. The Bertz CT molecular complexity index is 1160. The molecule has 1 amide bonds. The third-order valence-corrected chi connectivity index (χ3v) is 6.58. The molecule has 4 rings (SSSR count). The lowest BCUT2D eigenvalue weighted by atomic mass is 10.0. The van der Waals surface area contributed by atoms with Crippen molar-refractivity contribution in [3.63, 3.8) is 0 Å².